The summed E-state index contributed by atoms with van der Waals surface area (Å²) in [4.78, 5) is 2.29. The van der Waals surface area contributed by atoms with E-state index in [-0.39, 0.29) is 22.6 Å². The number of hydrogen-bond donors (Lipinski definition) is 1. The lowest BCUT2D eigenvalue weighted by Crippen LogP contribution is -2.66. The molecular formula is C12H26N2O2S. The van der Waals surface area contributed by atoms with Gasteiger partial charge in [-0.3, -0.25) is 4.90 Å². The molecule has 1 saturated heterocycles. The molecule has 0 amide bonds. The largest absolute Gasteiger partial charge is 0.309 e. The van der Waals surface area contributed by atoms with E-state index < -0.39 is 9.84 Å². The van der Waals surface area contributed by atoms with Crippen LogP contribution >= 0.6 is 0 Å². The van der Waals surface area contributed by atoms with Gasteiger partial charge in [-0.1, -0.05) is 6.92 Å². The van der Waals surface area contributed by atoms with Crippen LogP contribution in [0.3, 0.4) is 0 Å². The lowest BCUT2D eigenvalue weighted by molar-refractivity contribution is 0.0450. The number of sulfone groups is 1. The SMILES string of the molecule is CCS(=O)(=O)CCN1CC(C)(C)NCC1(C)C. The van der Waals surface area contributed by atoms with Crippen molar-refractivity contribution in [1.82, 2.24) is 10.2 Å². The normalized spacial score (nSPS) is 24.8. The Bertz CT molecular complexity index is 361. The Kier molecular flexibility index (Phi) is 4.27. The molecule has 1 aliphatic rings. The molecule has 102 valence electrons. The molecule has 0 aromatic heterocycles. The summed E-state index contributed by atoms with van der Waals surface area (Å²) in [5.74, 6) is 0.506. The summed E-state index contributed by atoms with van der Waals surface area (Å²) >= 11 is 0. The number of nitrogens with one attached hydrogen (secondary N) is 1. The molecule has 1 heterocycles. The fraction of sp³-hybridized carbons (Fsp3) is 1.00. The maximum atomic E-state index is 11.6. The topological polar surface area (TPSA) is 49.4 Å². The predicted octanol–water partition coefficient (Wildman–Crippen LogP) is 0.884. The average molecular weight is 262 g/mol. The molecule has 0 aromatic rings. The molecule has 0 spiro atoms. The van der Waals surface area contributed by atoms with Gasteiger partial charge in [-0.15, -0.1) is 0 Å². The Balaban J connectivity index is 2.67. The Morgan fingerprint density at radius 2 is 1.82 bits per heavy atom. The first-order valence-electron chi connectivity index (χ1n) is 6.28. The van der Waals surface area contributed by atoms with E-state index in [1.165, 1.54) is 0 Å². The average Bonchev–Trinajstić information content (AvgIpc) is 2.20. The van der Waals surface area contributed by atoms with Crippen LogP contribution in [0.5, 0.6) is 0 Å². The van der Waals surface area contributed by atoms with Gasteiger partial charge in [-0.05, 0) is 27.7 Å². The molecule has 0 radical (unpaired) electrons. The van der Waals surface area contributed by atoms with Crippen molar-refractivity contribution in [1.29, 1.82) is 0 Å². The number of rotatable bonds is 4. The van der Waals surface area contributed by atoms with Gasteiger partial charge in [0, 0.05) is 36.5 Å². The smallest absolute Gasteiger partial charge is 0.151 e. The van der Waals surface area contributed by atoms with Crippen LogP contribution in [0.2, 0.25) is 0 Å². The maximum absolute atomic E-state index is 11.6. The van der Waals surface area contributed by atoms with Crippen molar-refractivity contribution in [3.05, 3.63) is 0 Å². The van der Waals surface area contributed by atoms with Crippen molar-refractivity contribution in [2.75, 3.05) is 31.1 Å². The Morgan fingerprint density at radius 1 is 1.24 bits per heavy atom. The highest BCUT2D eigenvalue weighted by molar-refractivity contribution is 7.91. The van der Waals surface area contributed by atoms with Crippen LogP contribution < -0.4 is 5.32 Å². The summed E-state index contributed by atoms with van der Waals surface area (Å²) in [6, 6.07) is 0. The molecular weight excluding hydrogens is 236 g/mol. The quantitative estimate of drug-likeness (QED) is 0.817. The van der Waals surface area contributed by atoms with E-state index in [1.54, 1.807) is 6.92 Å². The number of piperazine rings is 1. The summed E-state index contributed by atoms with van der Waals surface area (Å²) in [5, 5.41) is 3.50. The lowest BCUT2D eigenvalue weighted by atomic mass is 9.92. The second kappa shape index (κ2) is 4.86. The van der Waals surface area contributed by atoms with Crippen molar-refractivity contribution >= 4 is 9.84 Å². The maximum Gasteiger partial charge on any atom is 0.151 e. The molecule has 0 unspecified atom stereocenters. The van der Waals surface area contributed by atoms with Gasteiger partial charge in [0.1, 0.15) is 0 Å². The van der Waals surface area contributed by atoms with E-state index in [0.29, 0.717) is 6.54 Å². The third kappa shape index (κ3) is 4.23. The van der Waals surface area contributed by atoms with Gasteiger partial charge < -0.3 is 5.32 Å². The molecule has 0 aliphatic carbocycles. The van der Waals surface area contributed by atoms with Crippen LogP contribution in [0.4, 0.5) is 0 Å². The summed E-state index contributed by atoms with van der Waals surface area (Å²) < 4.78 is 23.1. The van der Waals surface area contributed by atoms with Crippen LogP contribution in [0.15, 0.2) is 0 Å². The highest BCUT2D eigenvalue weighted by Crippen LogP contribution is 2.23. The van der Waals surface area contributed by atoms with Gasteiger partial charge in [0.15, 0.2) is 9.84 Å². The van der Waals surface area contributed by atoms with Gasteiger partial charge in [0.25, 0.3) is 0 Å². The van der Waals surface area contributed by atoms with Crippen LogP contribution in [0, 0.1) is 0 Å². The van der Waals surface area contributed by atoms with Gasteiger partial charge in [-0.2, -0.15) is 0 Å². The van der Waals surface area contributed by atoms with Crippen LogP contribution in [-0.4, -0.2) is 55.5 Å². The van der Waals surface area contributed by atoms with E-state index in [1.807, 2.05) is 0 Å². The molecule has 4 nitrogen and oxygen atoms in total. The summed E-state index contributed by atoms with van der Waals surface area (Å²) in [5.41, 5.74) is 0.0876. The van der Waals surface area contributed by atoms with E-state index in [4.69, 9.17) is 0 Å². The Morgan fingerprint density at radius 3 is 2.35 bits per heavy atom. The Hall–Kier alpha value is -0.130. The molecule has 1 N–H and O–H groups in total. The van der Waals surface area contributed by atoms with Crippen molar-refractivity contribution in [2.45, 2.75) is 45.7 Å². The minimum Gasteiger partial charge on any atom is -0.309 e. The minimum absolute atomic E-state index is 0.0266. The number of hydrogen-bond acceptors (Lipinski definition) is 4. The van der Waals surface area contributed by atoms with Crippen LogP contribution in [-0.2, 0) is 9.84 Å². The molecule has 1 rings (SSSR count). The zero-order valence-electron chi connectivity index (χ0n) is 11.7. The summed E-state index contributed by atoms with van der Waals surface area (Å²) in [6.45, 7) is 12.8. The standard InChI is InChI=1S/C12H26N2O2S/c1-6-17(15,16)8-7-14-10-11(2,3)13-9-12(14,4)5/h13H,6-10H2,1-5H3. The first-order valence-corrected chi connectivity index (χ1v) is 8.11. The van der Waals surface area contributed by atoms with E-state index >= 15 is 0 Å². The molecule has 1 fully saturated rings. The molecule has 0 aromatic carbocycles. The minimum atomic E-state index is -2.87. The van der Waals surface area contributed by atoms with Gasteiger partial charge in [0.05, 0.1) is 5.75 Å². The molecule has 0 saturated carbocycles. The monoisotopic (exact) mass is 262 g/mol. The van der Waals surface area contributed by atoms with Crippen molar-refractivity contribution in [3.63, 3.8) is 0 Å². The third-order valence-electron chi connectivity index (χ3n) is 3.55. The molecule has 17 heavy (non-hydrogen) atoms. The summed E-state index contributed by atoms with van der Waals surface area (Å²) in [7, 11) is -2.87. The Labute approximate surface area is 106 Å². The fourth-order valence-electron chi connectivity index (χ4n) is 2.09. The molecule has 0 atom stereocenters. The highest BCUT2D eigenvalue weighted by atomic mass is 32.2. The van der Waals surface area contributed by atoms with Gasteiger partial charge in [0.2, 0.25) is 0 Å². The third-order valence-corrected chi connectivity index (χ3v) is 5.24. The first-order chi connectivity index (χ1) is 7.58. The highest BCUT2D eigenvalue weighted by Gasteiger charge is 2.37. The number of nitrogens with zero attached hydrogens (tertiary/aromatic N) is 1. The van der Waals surface area contributed by atoms with E-state index in [2.05, 4.69) is 37.9 Å². The molecule has 0 bridgehead atoms. The van der Waals surface area contributed by atoms with Crippen LogP contribution in [0.1, 0.15) is 34.6 Å². The molecule has 1 aliphatic heterocycles. The van der Waals surface area contributed by atoms with Gasteiger partial charge >= 0.3 is 0 Å². The second-order valence-electron chi connectivity index (χ2n) is 6.21. The first kappa shape index (κ1) is 14.9. The van der Waals surface area contributed by atoms with Crippen molar-refractivity contribution < 1.29 is 8.42 Å². The molecule has 5 heteroatoms. The zero-order chi connectivity index (χ0) is 13.3. The fourth-order valence-corrected chi connectivity index (χ4v) is 2.88. The van der Waals surface area contributed by atoms with E-state index in [0.717, 1.165) is 13.1 Å². The van der Waals surface area contributed by atoms with Gasteiger partial charge in [-0.25, -0.2) is 8.42 Å². The van der Waals surface area contributed by atoms with E-state index in [9.17, 15) is 8.42 Å². The predicted molar refractivity (Wildman–Crippen MR) is 72.1 cm³/mol. The van der Waals surface area contributed by atoms with Crippen molar-refractivity contribution in [3.8, 4) is 0 Å². The second-order valence-corrected chi connectivity index (χ2v) is 8.68. The summed E-state index contributed by atoms with van der Waals surface area (Å²) in [6.07, 6.45) is 0. The lowest BCUT2D eigenvalue weighted by Gasteiger charge is -2.49. The zero-order valence-corrected chi connectivity index (χ0v) is 12.5. The van der Waals surface area contributed by atoms with Crippen molar-refractivity contribution in [2.24, 2.45) is 0 Å². The van der Waals surface area contributed by atoms with Crippen LogP contribution in [0.25, 0.3) is 0 Å².